The van der Waals surface area contributed by atoms with E-state index >= 15 is 0 Å². The van der Waals surface area contributed by atoms with Gasteiger partial charge in [-0.05, 0) is 35.4 Å². The van der Waals surface area contributed by atoms with Gasteiger partial charge in [0.15, 0.2) is 5.69 Å². The summed E-state index contributed by atoms with van der Waals surface area (Å²) in [6, 6.07) is 21.9. The highest BCUT2D eigenvalue weighted by Gasteiger charge is 2.35. The second-order valence-corrected chi connectivity index (χ2v) is 6.57. The third-order valence-electron chi connectivity index (χ3n) is 4.87. The summed E-state index contributed by atoms with van der Waals surface area (Å²) in [7, 11) is 0. The van der Waals surface area contributed by atoms with Gasteiger partial charge in [0.1, 0.15) is 5.69 Å². The van der Waals surface area contributed by atoms with Crippen LogP contribution >= 0.6 is 0 Å². The Balaban J connectivity index is 1.57. The van der Waals surface area contributed by atoms with E-state index in [1.165, 1.54) is 4.68 Å². The monoisotopic (exact) mass is 366 g/mol. The number of nitrogens with two attached hydrogens (primary N) is 1. The van der Waals surface area contributed by atoms with Crippen LogP contribution < -0.4 is 5.73 Å². The number of nitrogens with zero attached hydrogens (tertiary/aromatic N) is 3. The van der Waals surface area contributed by atoms with Gasteiger partial charge in [-0.15, -0.1) is 5.10 Å². The summed E-state index contributed by atoms with van der Waals surface area (Å²) < 4.78 is 1.43. The molecule has 6 heteroatoms. The summed E-state index contributed by atoms with van der Waals surface area (Å²) in [6.45, 7) is 0. The van der Waals surface area contributed by atoms with Crippen LogP contribution in [0, 0.1) is 0 Å². The average Bonchev–Trinajstić information content (AvgIpc) is 3.18. The van der Waals surface area contributed by atoms with Crippen molar-refractivity contribution < 1.29 is 9.59 Å². The second kappa shape index (κ2) is 5.99. The lowest BCUT2D eigenvalue weighted by atomic mass is 9.90. The molecule has 0 unspecified atom stereocenters. The normalized spacial score (nSPS) is 12.6. The molecule has 6 nitrogen and oxygen atoms in total. The van der Waals surface area contributed by atoms with Crippen LogP contribution in [0.3, 0.4) is 0 Å². The van der Waals surface area contributed by atoms with Crippen LogP contribution in [0.2, 0.25) is 0 Å². The van der Waals surface area contributed by atoms with Crippen LogP contribution in [0.4, 0.5) is 5.69 Å². The van der Waals surface area contributed by atoms with Crippen LogP contribution in [0.25, 0.3) is 16.8 Å². The quantitative estimate of drug-likeness (QED) is 0.484. The number of benzene rings is 3. The molecular weight excluding hydrogens is 352 g/mol. The number of carbonyl (C=O) groups is 2. The largest absolute Gasteiger partial charge is 0.399 e. The molecule has 1 heterocycles. The molecule has 134 valence electrons. The maximum atomic E-state index is 13.0. The highest BCUT2D eigenvalue weighted by molar-refractivity contribution is 6.27. The first kappa shape index (κ1) is 16.1. The zero-order valence-electron chi connectivity index (χ0n) is 14.7. The van der Waals surface area contributed by atoms with Gasteiger partial charge in [-0.2, -0.15) is 0 Å². The molecule has 3 aromatic carbocycles. The van der Waals surface area contributed by atoms with Gasteiger partial charge in [-0.25, -0.2) is 4.68 Å². The maximum Gasteiger partial charge on any atom is 0.216 e. The number of hydrogen-bond donors (Lipinski definition) is 1. The fraction of sp³-hybridized carbons (Fsp3) is 0. The van der Waals surface area contributed by atoms with Gasteiger partial charge in [0.25, 0.3) is 0 Å². The fourth-order valence-electron chi connectivity index (χ4n) is 3.42. The van der Waals surface area contributed by atoms with E-state index in [9.17, 15) is 9.59 Å². The van der Waals surface area contributed by atoms with E-state index in [2.05, 4.69) is 10.3 Å². The van der Waals surface area contributed by atoms with Crippen molar-refractivity contribution in [1.29, 1.82) is 0 Å². The number of hydrogen-bond acceptors (Lipinski definition) is 5. The Morgan fingerprint density at radius 2 is 1.29 bits per heavy atom. The van der Waals surface area contributed by atoms with Gasteiger partial charge in [0.2, 0.25) is 11.6 Å². The Morgan fingerprint density at radius 1 is 0.714 bits per heavy atom. The number of anilines is 1. The lowest BCUT2D eigenvalue weighted by Crippen LogP contribution is -2.22. The first-order valence-electron chi connectivity index (χ1n) is 8.74. The molecule has 0 fully saturated rings. The van der Waals surface area contributed by atoms with Crippen LogP contribution in [0.1, 0.15) is 32.1 Å². The predicted octanol–water partition coefficient (Wildman–Crippen LogP) is 3.29. The van der Waals surface area contributed by atoms with Crippen molar-refractivity contribution in [3.63, 3.8) is 0 Å². The molecule has 1 aliphatic carbocycles. The summed E-state index contributed by atoms with van der Waals surface area (Å²) >= 11 is 0. The minimum Gasteiger partial charge on any atom is -0.399 e. The molecule has 0 radical (unpaired) electrons. The number of ketones is 2. The van der Waals surface area contributed by atoms with Crippen molar-refractivity contribution in [2.24, 2.45) is 0 Å². The van der Waals surface area contributed by atoms with Crippen LogP contribution in [-0.4, -0.2) is 26.6 Å². The first-order chi connectivity index (χ1) is 13.6. The molecule has 2 N–H and O–H groups in total. The summed E-state index contributed by atoms with van der Waals surface area (Å²) in [5.41, 5.74) is 10.2. The molecule has 1 aromatic heterocycles. The Labute approximate surface area is 160 Å². The van der Waals surface area contributed by atoms with Crippen molar-refractivity contribution >= 4 is 17.3 Å². The highest BCUT2D eigenvalue weighted by Crippen LogP contribution is 2.28. The summed E-state index contributed by atoms with van der Waals surface area (Å²) in [5, 5.41) is 8.06. The number of aromatic nitrogens is 3. The summed E-state index contributed by atoms with van der Waals surface area (Å²) in [4.78, 5) is 25.7. The molecule has 0 amide bonds. The molecule has 0 saturated heterocycles. The third kappa shape index (κ3) is 2.35. The number of fused-ring (bicyclic) bond motifs is 2. The molecule has 1 aliphatic rings. The molecule has 0 atom stereocenters. The van der Waals surface area contributed by atoms with Gasteiger partial charge in [0, 0.05) is 16.8 Å². The second-order valence-electron chi connectivity index (χ2n) is 6.57. The van der Waals surface area contributed by atoms with Crippen molar-refractivity contribution in [3.8, 4) is 16.8 Å². The van der Waals surface area contributed by atoms with Crippen LogP contribution in [0.15, 0.2) is 72.8 Å². The topological polar surface area (TPSA) is 90.9 Å². The van der Waals surface area contributed by atoms with Gasteiger partial charge < -0.3 is 5.73 Å². The first-order valence-corrected chi connectivity index (χ1v) is 8.74. The number of rotatable bonds is 2. The molecule has 4 aromatic rings. The highest BCUT2D eigenvalue weighted by atomic mass is 16.1. The Kier molecular flexibility index (Phi) is 3.45. The van der Waals surface area contributed by atoms with E-state index in [1.807, 2.05) is 48.5 Å². The van der Waals surface area contributed by atoms with Gasteiger partial charge in [-0.1, -0.05) is 53.7 Å². The minimum absolute atomic E-state index is 0.0892. The summed E-state index contributed by atoms with van der Waals surface area (Å²) in [6.07, 6.45) is 0. The van der Waals surface area contributed by atoms with Crippen molar-refractivity contribution in [2.45, 2.75) is 0 Å². The predicted molar refractivity (Wildman–Crippen MR) is 105 cm³/mol. The van der Waals surface area contributed by atoms with Crippen molar-refractivity contribution in [1.82, 2.24) is 15.0 Å². The fourth-order valence-corrected chi connectivity index (χ4v) is 3.42. The summed E-state index contributed by atoms with van der Waals surface area (Å²) in [5.74, 6) is -0.534. The smallest absolute Gasteiger partial charge is 0.216 e. The van der Waals surface area contributed by atoms with Crippen LogP contribution in [0.5, 0.6) is 0 Å². The van der Waals surface area contributed by atoms with Gasteiger partial charge >= 0.3 is 0 Å². The van der Waals surface area contributed by atoms with Crippen molar-refractivity contribution in [3.05, 3.63) is 95.3 Å². The van der Waals surface area contributed by atoms with Gasteiger partial charge in [-0.3, -0.25) is 9.59 Å². The zero-order valence-corrected chi connectivity index (χ0v) is 14.7. The molecule has 0 saturated carbocycles. The SMILES string of the molecule is Nc1ccc(-c2ccc(-n3nnc4c3C(=O)c3ccccc3C4=O)cc2)cc1. The lowest BCUT2D eigenvalue weighted by molar-refractivity contribution is 0.0972. The standard InChI is InChI=1S/C22H14N4O2/c23-15-9-5-13(6-10-15)14-7-11-16(12-8-14)26-20-19(24-25-26)21(27)17-3-1-2-4-18(17)22(20)28/h1-12H,23H2. The number of nitrogen functional groups attached to an aromatic ring is 1. The molecular formula is C22H14N4O2. The van der Waals surface area contributed by atoms with E-state index in [-0.39, 0.29) is 23.0 Å². The molecule has 0 spiro atoms. The molecule has 28 heavy (non-hydrogen) atoms. The van der Waals surface area contributed by atoms with Gasteiger partial charge in [0.05, 0.1) is 5.69 Å². The van der Waals surface area contributed by atoms with Crippen LogP contribution in [-0.2, 0) is 0 Å². The molecule has 0 aliphatic heterocycles. The van der Waals surface area contributed by atoms with E-state index in [0.29, 0.717) is 22.5 Å². The Bertz CT molecular complexity index is 1240. The van der Waals surface area contributed by atoms with Crippen molar-refractivity contribution in [2.75, 3.05) is 5.73 Å². The van der Waals surface area contributed by atoms with E-state index < -0.39 is 0 Å². The number of carbonyl (C=O) groups excluding carboxylic acids is 2. The van der Waals surface area contributed by atoms with E-state index in [1.54, 1.807) is 24.3 Å². The maximum absolute atomic E-state index is 13.0. The average molecular weight is 366 g/mol. The minimum atomic E-state index is -0.282. The Morgan fingerprint density at radius 3 is 1.93 bits per heavy atom. The lowest BCUT2D eigenvalue weighted by Gasteiger charge is -2.14. The molecule has 5 rings (SSSR count). The third-order valence-corrected chi connectivity index (χ3v) is 4.87. The van der Waals surface area contributed by atoms with E-state index in [0.717, 1.165) is 11.1 Å². The molecule has 0 bridgehead atoms. The Hall–Kier alpha value is -4.06. The zero-order chi connectivity index (χ0) is 19.3. The van der Waals surface area contributed by atoms with E-state index in [4.69, 9.17) is 5.73 Å².